The van der Waals surface area contributed by atoms with E-state index in [9.17, 15) is 0 Å². The highest BCUT2D eigenvalue weighted by Gasteiger charge is 2.19. The summed E-state index contributed by atoms with van der Waals surface area (Å²) in [6, 6.07) is 4.11. The average Bonchev–Trinajstić information content (AvgIpc) is 2.90. The van der Waals surface area contributed by atoms with Crippen molar-refractivity contribution in [3.63, 3.8) is 0 Å². The van der Waals surface area contributed by atoms with Crippen LogP contribution in [0.5, 0.6) is 5.75 Å². The van der Waals surface area contributed by atoms with Crippen LogP contribution in [0.3, 0.4) is 0 Å². The summed E-state index contributed by atoms with van der Waals surface area (Å²) in [4.78, 5) is 4.45. The molecule has 1 aromatic heterocycles. The van der Waals surface area contributed by atoms with E-state index in [2.05, 4.69) is 11.1 Å². The summed E-state index contributed by atoms with van der Waals surface area (Å²) in [7, 11) is 0. The van der Waals surface area contributed by atoms with E-state index in [1.807, 2.05) is 13.0 Å². The summed E-state index contributed by atoms with van der Waals surface area (Å²) in [6.07, 6.45) is 7.61. The molecular weight excluding hydrogens is 212 g/mol. The van der Waals surface area contributed by atoms with Crippen LogP contribution in [0, 0.1) is 11.3 Å². The van der Waals surface area contributed by atoms with Crippen molar-refractivity contribution in [3.05, 3.63) is 23.5 Å². The summed E-state index contributed by atoms with van der Waals surface area (Å²) in [5, 5.41) is 9.13. The van der Waals surface area contributed by atoms with Gasteiger partial charge in [0.15, 0.2) is 5.75 Å². The molecular formula is C14H18N2O. The predicted molar refractivity (Wildman–Crippen MR) is 65.9 cm³/mol. The third-order valence-electron chi connectivity index (χ3n) is 3.24. The van der Waals surface area contributed by atoms with Gasteiger partial charge < -0.3 is 4.74 Å². The number of nitrogens with zero attached hydrogens (tertiary/aromatic N) is 2. The summed E-state index contributed by atoms with van der Waals surface area (Å²) >= 11 is 0. The Morgan fingerprint density at radius 2 is 2.24 bits per heavy atom. The number of ether oxygens (including phenoxy) is 1. The molecule has 1 aliphatic carbocycles. The van der Waals surface area contributed by atoms with Gasteiger partial charge in [-0.3, -0.25) is 4.98 Å². The minimum Gasteiger partial charge on any atom is -0.491 e. The van der Waals surface area contributed by atoms with Crippen molar-refractivity contribution in [2.24, 2.45) is 0 Å². The number of rotatable bonds is 4. The molecule has 0 atom stereocenters. The number of hydrogen-bond donors (Lipinski definition) is 0. The Morgan fingerprint density at radius 3 is 2.88 bits per heavy atom. The molecule has 0 aliphatic heterocycles. The van der Waals surface area contributed by atoms with E-state index in [1.54, 1.807) is 6.20 Å². The van der Waals surface area contributed by atoms with Crippen molar-refractivity contribution in [2.75, 3.05) is 6.61 Å². The fraction of sp³-hybridized carbons (Fsp3) is 0.571. The van der Waals surface area contributed by atoms with Crippen LogP contribution in [0.4, 0.5) is 0 Å². The summed E-state index contributed by atoms with van der Waals surface area (Å²) in [5.41, 5.74) is 1.68. The molecule has 1 heterocycles. The summed E-state index contributed by atoms with van der Waals surface area (Å²) in [6.45, 7) is 2.69. The molecule has 1 fully saturated rings. The highest BCUT2D eigenvalue weighted by Crippen LogP contribution is 2.34. The minimum absolute atomic E-state index is 0.544. The predicted octanol–water partition coefficient (Wildman–Crippen LogP) is 3.40. The third kappa shape index (κ3) is 2.76. The molecule has 0 spiro atoms. The van der Waals surface area contributed by atoms with Gasteiger partial charge in [-0.2, -0.15) is 5.26 Å². The zero-order valence-electron chi connectivity index (χ0n) is 10.3. The third-order valence-corrected chi connectivity index (χ3v) is 3.24. The van der Waals surface area contributed by atoms with Gasteiger partial charge in [0, 0.05) is 11.6 Å². The van der Waals surface area contributed by atoms with Crippen LogP contribution in [-0.2, 0) is 0 Å². The summed E-state index contributed by atoms with van der Waals surface area (Å²) in [5.74, 6) is 1.17. The number of hydrogen-bond acceptors (Lipinski definition) is 3. The van der Waals surface area contributed by atoms with E-state index in [0.717, 1.165) is 12.1 Å². The Labute approximate surface area is 102 Å². The van der Waals surface area contributed by atoms with Crippen LogP contribution in [0.15, 0.2) is 12.3 Å². The maximum Gasteiger partial charge on any atom is 0.155 e. The van der Waals surface area contributed by atoms with Crippen molar-refractivity contribution in [1.29, 1.82) is 5.26 Å². The van der Waals surface area contributed by atoms with Crippen molar-refractivity contribution in [2.45, 2.75) is 44.9 Å². The highest BCUT2D eigenvalue weighted by molar-refractivity contribution is 5.43. The lowest BCUT2D eigenvalue weighted by molar-refractivity contribution is 0.315. The smallest absolute Gasteiger partial charge is 0.155 e. The lowest BCUT2D eigenvalue weighted by atomic mass is 10.0. The van der Waals surface area contributed by atoms with Crippen LogP contribution in [0.1, 0.15) is 56.2 Å². The maximum absolute atomic E-state index is 9.13. The van der Waals surface area contributed by atoms with Crippen LogP contribution in [0.25, 0.3) is 0 Å². The van der Waals surface area contributed by atoms with E-state index in [0.29, 0.717) is 23.8 Å². The molecule has 0 amide bonds. The Morgan fingerprint density at radius 1 is 1.47 bits per heavy atom. The Bertz CT molecular complexity index is 417. The minimum atomic E-state index is 0.544. The first-order chi connectivity index (χ1) is 8.35. The Kier molecular flexibility index (Phi) is 3.98. The van der Waals surface area contributed by atoms with Crippen molar-refractivity contribution in [3.8, 4) is 11.8 Å². The van der Waals surface area contributed by atoms with E-state index in [-0.39, 0.29) is 0 Å². The van der Waals surface area contributed by atoms with E-state index >= 15 is 0 Å². The second-order valence-electron chi connectivity index (χ2n) is 4.55. The molecule has 1 aliphatic rings. The molecule has 2 rings (SSSR count). The quantitative estimate of drug-likeness (QED) is 0.796. The summed E-state index contributed by atoms with van der Waals surface area (Å²) < 4.78 is 5.51. The fourth-order valence-corrected chi connectivity index (χ4v) is 2.32. The van der Waals surface area contributed by atoms with Gasteiger partial charge in [-0.15, -0.1) is 0 Å². The number of pyridine rings is 1. The molecule has 0 N–H and O–H groups in total. The van der Waals surface area contributed by atoms with Gasteiger partial charge in [-0.1, -0.05) is 19.8 Å². The van der Waals surface area contributed by atoms with Crippen LogP contribution >= 0.6 is 0 Å². The van der Waals surface area contributed by atoms with Crippen molar-refractivity contribution in [1.82, 2.24) is 4.98 Å². The average molecular weight is 230 g/mol. The van der Waals surface area contributed by atoms with Gasteiger partial charge in [-0.05, 0) is 25.3 Å². The molecule has 3 nitrogen and oxygen atoms in total. The first kappa shape index (κ1) is 11.9. The van der Waals surface area contributed by atoms with Crippen molar-refractivity contribution >= 4 is 0 Å². The molecule has 0 saturated heterocycles. The van der Waals surface area contributed by atoms with Crippen LogP contribution in [0.2, 0.25) is 0 Å². The number of nitriles is 1. The molecule has 0 bridgehead atoms. The molecule has 0 unspecified atom stereocenters. The standard InChI is InChI=1S/C14H18N2O/c1-2-7-17-14-10-16-13(8-12(14)9-15)11-5-3-4-6-11/h8,10-11H,2-7H2,1H3. The van der Waals surface area contributed by atoms with E-state index < -0.39 is 0 Å². The Balaban J connectivity index is 2.18. The molecule has 3 heteroatoms. The van der Waals surface area contributed by atoms with Gasteiger partial charge in [0.2, 0.25) is 0 Å². The van der Waals surface area contributed by atoms with Gasteiger partial charge in [-0.25, -0.2) is 0 Å². The molecule has 17 heavy (non-hydrogen) atoms. The van der Waals surface area contributed by atoms with Gasteiger partial charge in [0.25, 0.3) is 0 Å². The molecule has 90 valence electrons. The fourth-order valence-electron chi connectivity index (χ4n) is 2.32. The zero-order chi connectivity index (χ0) is 12.1. The van der Waals surface area contributed by atoms with Crippen LogP contribution in [-0.4, -0.2) is 11.6 Å². The lowest BCUT2D eigenvalue weighted by Crippen LogP contribution is -2.02. The zero-order valence-corrected chi connectivity index (χ0v) is 10.3. The number of aromatic nitrogens is 1. The maximum atomic E-state index is 9.13. The first-order valence-electron chi connectivity index (χ1n) is 6.38. The second-order valence-corrected chi connectivity index (χ2v) is 4.55. The molecule has 1 aromatic rings. The normalized spacial score (nSPS) is 15.8. The SMILES string of the molecule is CCCOc1cnc(C2CCCC2)cc1C#N. The van der Waals surface area contributed by atoms with Gasteiger partial charge in [0.1, 0.15) is 6.07 Å². The lowest BCUT2D eigenvalue weighted by Gasteiger charge is -2.11. The Hall–Kier alpha value is -1.56. The highest BCUT2D eigenvalue weighted by atomic mass is 16.5. The first-order valence-corrected chi connectivity index (χ1v) is 6.38. The monoisotopic (exact) mass is 230 g/mol. The van der Waals surface area contributed by atoms with Crippen LogP contribution < -0.4 is 4.74 Å². The van der Waals surface area contributed by atoms with E-state index in [1.165, 1.54) is 25.7 Å². The molecule has 0 aromatic carbocycles. The van der Waals surface area contributed by atoms with Gasteiger partial charge in [0.05, 0.1) is 18.4 Å². The molecule has 0 radical (unpaired) electrons. The molecule has 1 saturated carbocycles. The van der Waals surface area contributed by atoms with Crippen molar-refractivity contribution < 1.29 is 4.74 Å². The second kappa shape index (κ2) is 5.67. The largest absolute Gasteiger partial charge is 0.491 e. The van der Waals surface area contributed by atoms with Gasteiger partial charge >= 0.3 is 0 Å². The van der Waals surface area contributed by atoms with E-state index in [4.69, 9.17) is 10.00 Å². The topological polar surface area (TPSA) is 45.9 Å².